The van der Waals surface area contributed by atoms with Gasteiger partial charge in [-0.3, -0.25) is 29.1 Å². The van der Waals surface area contributed by atoms with Gasteiger partial charge in [-0.1, -0.05) is 0 Å². The van der Waals surface area contributed by atoms with Gasteiger partial charge in [-0.2, -0.15) is 0 Å². The molecule has 1 saturated heterocycles. The number of hydrogen-bond donors (Lipinski definition) is 1. The van der Waals surface area contributed by atoms with Crippen molar-refractivity contribution in [2.75, 3.05) is 13.1 Å². The highest BCUT2D eigenvalue weighted by atomic mass is 16.2. The highest BCUT2D eigenvalue weighted by Crippen LogP contribution is 2.30. The number of hydrogen-bond acceptors (Lipinski definition) is 5. The van der Waals surface area contributed by atoms with E-state index in [0.717, 1.165) is 0 Å². The molecular weight excluding hydrogens is 408 g/mol. The molecule has 0 spiro atoms. The number of amides is 4. The molecule has 8 heteroatoms. The Morgan fingerprint density at radius 1 is 1.00 bits per heavy atom. The van der Waals surface area contributed by atoms with Crippen LogP contribution < -0.4 is 5.32 Å². The van der Waals surface area contributed by atoms with Crippen molar-refractivity contribution in [1.29, 1.82) is 0 Å². The SMILES string of the molecule is CC(C)(C)N1C(=O)c2ccc(C(=O)NC3CCN(C(=O)c4cccnc4)CC3)cc2C1=O. The third-order valence-corrected chi connectivity index (χ3v) is 5.85. The smallest absolute Gasteiger partial charge is 0.262 e. The molecule has 4 rings (SSSR count). The van der Waals surface area contributed by atoms with E-state index in [1.807, 2.05) is 0 Å². The molecule has 0 bridgehead atoms. The zero-order chi connectivity index (χ0) is 23.0. The van der Waals surface area contributed by atoms with E-state index >= 15 is 0 Å². The first-order valence-electron chi connectivity index (χ1n) is 10.7. The molecule has 0 aliphatic carbocycles. The summed E-state index contributed by atoms with van der Waals surface area (Å²) >= 11 is 0. The zero-order valence-electron chi connectivity index (χ0n) is 18.4. The highest BCUT2D eigenvalue weighted by molar-refractivity contribution is 6.22. The molecule has 4 amide bonds. The number of carbonyl (C=O) groups is 4. The molecule has 2 aromatic rings. The maximum absolute atomic E-state index is 12.8. The van der Waals surface area contributed by atoms with Gasteiger partial charge in [-0.15, -0.1) is 0 Å². The molecule has 1 aromatic carbocycles. The summed E-state index contributed by atoms with van der Waals surface area (Å²) < 4.78 is 0. The topological polar surface area (TPSA) is 99.7 Å². The van der Waals surface area contributed by atoms with Crippen molar-refractivity contribution in [2.45, 2.75) is 45.2 Å². The second-order valence-electron chi connectivity index (χ2n) is 9.16. The fourth-order valence-electron chi connectivity index (χ4n) is 4.16. The van der Waals surface area contributed by atoms with Gasteiger partial charge in [0.05, 0.1) is 16.7 Å². The van der Waals surface area contributed by atoms with Crippen LogP contribution in [0.1, 0.15) is 75.0 Å². The lowest BCUT2D eigenvalue weighted by Crippen LogP contribution is -2.46. The maximum Gasteiger partial charge on any atom is 0.262 e. The second kappa shape index (κ2) is 8.18. The molecule has 0 saturated carbocycles. The van der Waals surface area contributed by atoms with Crippen molar-refractivity contribution in [3.8, 4) is 0 Å². The fourth-order valence-corrected chi connectivity index (χ4v) is 4.16. The minimum absolute atomic E-state index is 0.0620. The second-order valence-corrected chi connectivity index (χ2v) is 9.16. The third kappa shape index (κ3) is 4.00. The van der Waals surface area contributed by atoms with E-state index in [1.165, 1.54) is 11.0 Å². The Kier molecular flexibility index (Phi) is 5.54. The number of pyridine rings is 1. The first-order valence-corrected chi connectivity index (χ1v) is 10.7. The van der Waals surface area contributed by atoms with Crippen LogP contribution in [0.25, 0.3) is 0 Å². The summed E-state index contributed by atoms with van der Waals surface area (Å²) in [4.78, 5) is 57.7. The Bertz CT molecular complexity index is 1080. The molecule has 32 heavy (non-hydrogen) atoms. The van der Waals surface area contributed by atoms with Gasteiger partial charge in [-0.05, 0) is 63.9 Å². The summed E-state index contributed by atoms with van der Waals surface area (Å²) in [5.41, 5.74) is 0.834. The van der Waals surface area contributed by atoms with Crippen molar-refractivity contribution >= 4 is 23.6 Å². The number of carbonyl (C=O) groups excluding carboxylic acids is 4. The van der Waals surface area contributed by atoms with E-state index in [1.54, 1.807) is 62.3 Å². The summed E-state index contributed by atoms with van der Waals surface area (Å²) in [6.45, 7) is 6.47. The lowest BCUT2D eigenvalue weighted by atomic mass is 10.0. The lowest BCUT2D eigenvalue weighted by molar-refractivity contribution is 0.0507. The largest absolute Gasteiger partial charge is 0.349 e. The van der Waals surface area contributed by atoms with Gasteiger partial charge < -0.3 is 10.2 Å². The van der Waals surface area contributed by atoms with E-state index < -0.39 is 5.54 Å². The van der Waals surface area contributed by atoms with Crippen LogP contribution in [0, 0.1) is 0 Å². The number of imide groups is 1. The Labute approximate surface area is 186 Å². The van der Waals surface area contributed by atoms with Crippen LogP contribution in [0.15, 0.2) is 42.7 Å². The van der Waals surface area contributed by atoms with Gasteiger partial charge in [0.25, 0.3) is 23.6 Å². The van der Waals surface area contributed by atoms with Crippen LogP contribution in [0.5, 0.6) is 0 Å². The lowest BCUT2D eigenvalue weighted by Gasteiger charge is -2.32. The molecule has 3 heterocycles. The molecule has 166 valence electrons. The van der Waals surface area contributed by atoms with E-state index in [-0.39, 0.29) is 35.2 Å². The van der Waals surface area contributed by atoms with Crippen molar-refractivity contribution in [3.05, 3.63) is 65.0 Å². The van der Waals surface area contributed by atoms with Crippen molar-refractivity contribution in [1.82, 2.24) is 20.1 Å². The molecule has 2 aliphatic heterocycles. The summed E-state index contributed by atoms with van der Waals surface area (Å²) in [7, 11) is 0. The molecule has 0 radical (unpaired) electrons. The molecule has 1 fully saturated rings. The van der Waals surface area contributed by atoms with Crippen molar-refractivity contribution < 1.29 is 19.2 Å². The predicted molar refractivity (Wildman–Crippen MR) is 117 cm³/mol. The average molecular weight is 434 g/mol. The number of aromatic nitrogens is 1. The van der Waals surface area contributed by atoms with Crippen molar-refractivity contribution in [3.63, 3.8) is 0 Å². The Balaban J connectivity index is 1.39. The summed E-state index contributed by atoms with van der Waals surface area (Å²) in [6, 6.07) is 8.02. The zero-order valence-corrected chi connectivity index (χ0v) is 18.4. The molecule has 8 nitrogen and oxygen atoms in total. The summed E-state index contributed by atoms with van der Waals surface area (Å²) in [5.74, 6) is -1.07. The monoisotopic (exact) mass is 434 g/mol. The van der Waals surface area contributed by atoms with Gasteiger partial charge >= 0.3 is 0 Å². The molecule has 1 aromatic heterocycles. The molecule has 0 unspecified atom stereocenters. The minimum atomic E-state index is -0.642. The quantitative estimate of drug-likeness (QED) is 0.749. The number of nitrogens with one attached hydrogen (secondary N) is 1. The van der Waals surface area contributed by atoms with E-state index in [4.69, 9.17) is 0 Å². The normalized spacial score (nSPS) is 16.8. The van der Waals surface area contributed by atoms with E-state index in [2.05, 4.69) is 10.3 Å². The van der Waals surface area contributed by atoms with Crippen LogP contribution in [0.2, 0.25) is 0 Å². The predicted octanol–water partition coefficient (Wildman–Crippen LogP) is 2.51. The van der Waals surface area contributed by atoms with Crippen LogP contribution in [-0.2, 0) is 0 Å². The average Bonchev–Trinajstić information content (AvgIpc) is 3.04. The summed E-state index contributed by atoms with van der Waals surface area (Å²) in [6.07, 6.45) is 4.45. The molecule has 0 atom stereocenters. The van der Waals surface area contributed by atoms with Crippen LogP contribution in [-0.4, -0.2) is 63.1 Å². The number of rotatable bonds is 3. The van der Waals surface area contributed by atoms with Gasteiger partial charge in [-0.25, -0.2) is 0 Å². The van der Waals surface area contributed by atoms with Gasteiger partial charge in [0.15, 0.2) is 0 Å². The first-order chi connectivity index (χ1) is 15.2. The standard InChI is InChI=1S/C24H26N4O4/c1-24(2,3)28-22(31)18-7-6-15(13-19(18)23(28)32)20(29)26-17-8-11-27(12-9-17)21(30)16-5-4-10-25-14-16/h4-7,10,13-14,17H,8-9,11-12H2,1-3H3,(H,26,29). The molecular formula is C24H26N4O4. The Morgan fingerprint density at radius 3 is 2.31 bits per heavy atom. The number of benzene rings is 1. The number of fused-ring (bicyclic) bond motifs is 1. The van der Waals surface area contributed by atoms with Crippen LogP contribution in [0.4, 0.5) is 0 Å². The van der Waals surface area contributed by atoms with Gasteiger partial charge in [0.1, 0.15) is 0 Å². The third-order valence-electron chi connectivity index (χ3n) is 5.85. The molecule has 2 aliphatic rings. The number of likely N-dealkylation sites (tertiary alicyclic amines) is 1. The minimum Gasteiger partial charge on any atom is -0.349 e. The Hall–Kier alpha value is -3.55. The van der Waals surface area contributed by atoms with E-state index in [0.29, 0.717) is 42.6 Å². The maximum atomic E-state index is 12.8. The number of piperidine rings is 1. The number of nitrogens with zero attached hydrogens (tertiary/aromatic N) is 3. The van der Waals surface area contributed by atoms with Gasteiger partial charge in [0, 0.05) is 42.6 Å². The first kappa shape index (κ1) is 21.7. The van der Waals surface area contributed by atoms with E-state index in [9.17, 15) is 19.2 Å². The molecule has 1 N–H and O–H groups in total. The Morgan fingerprint density at radius 2 is 1.69 bits per heavy atom. The highest BCUT2D eigenvalue weighted by Gasteiger charge is 2.42. The van der Waals surface area contributed by atoms with Crippen LogP contribution >= 0.6 is 0 Å². The van der Waals surface area contributed by atoms with Gasteiger partial charge in [0.2, 0.25) is 0 Å². The van der Waals surface area contributed by atoms with Crippen molar-refractivity contribution in [2.24, 2.45) is 0 Å². The summed E-state index contributed by atoms with van der Waals surface area (Å²) in [5, 5.41) is 2.99. The van der Waals surface area contributed by atoms with Crippen LogP contribution in [0.3, 0.4) is 0 Å². The fraction of sp³-hybridized carbons (Fsp3) is 0.375.